The predicted octanol–water partition coefficient (Wildman–Crippen LogP) is -3.45. The molecule has 2 heterocycles. The Morgan fingerprint density at radius 3 is 2.26 bits per heavy atom. The molecule has 8 nitrogen and oxygen atoms in total. The zero-order valence-corrected chi connectivity index (χ0v) is 15.1. The molecule has 0 saturated carbocycles. The summed E-state index contributed by atoms with van der Waals surface area (Å²) >= 11 is 0. The molecule has 0 spiro atoms. The highest BCUT2D eigenvalue weighted by Crippen LogP contribution is 1.99. The van der Waals surface area contributed by atoms with Gasteiger partial charge in [-0.1, -0.05) is 30.3 Å². The molecule has 1 fully saturated rings. The molecular formula is C19H24N5O3+. The molecule has 0 unspecified atom stereocenters. The maximum Gasteiger partial charge on any atom is 0.272 e. The number of carboxylic acid groups (broad SMARTS) is 1. The number of aromatic nitrogens is 2. The second-order valence-corrected chi connectivity index (χ2v) is 6.71. The number of quaternary nitrogens is 2. The van der Waals surface area contributed by atoms with Crippen LogP contribution in [0.3, 0.4) is 0 Å². The van der Waals surface area contributed by atoms with Crippen LogP contribution in [-0.4, -0.2) is 61.1 Å². The maximum atomic E-state index is 12.1. The lowest BCUT2D eigenvalue weighted by atomic mass is 10.2. The molecule has 8 heteroatoms. The van der Waals surface area contributed by atoms with Crippen LogP contribution < -0.4 is 20.2 Å². The van der Waals surface area contributed by atoms with E-state index in [1.807, 2.05) is 6.07 Å². The molecule has 1 aliphatic rings. The predicted molar refractivity (Wildman–Crippen MR) is 95.1 cm³/mol. The zero-order chi connectivity index (χ0) is 19.1. The van der Waals surface area contributed by atoms with E-state index in [1.165, 1.54) is 22.9 Å². The van der Waals surface area contributed by atoms with Gasteiger partial charge in [0.1, 0.15) is 38.4 Å². The number of piperazine rings is 1. The molecule has 1 amide bonds. The molecule has 3 N–H and O–H groups in total. The van der Waals surface area contributed by atoms with E-state index >= 15 is 0 Å². The number of rotatable bonds is 7. The first-order valence-corrected chi connectivity index (χ1v) is 9.15. The molecule has 1 aromatic heterocycles. The number of hydrogen-bond donors (Lipinski definition) is 3. The Hall–Kier alpha value is -2.84. The molecule has 1 saturated heterocycles. The van der Waals surface area contributed by atoms with Crippen LogP contribution in [0, 0.1) is 0 Å². The van der Waals surface area contributed by atoms with Gasteiger partial charge in [0.15, 0.2) is 5.69 Å². The number of benzene rings is 1. The van der Waals surface area contributed by atoms with Gasteiger partial charge in [-0.2, -0.15) is 0 Å². The summed E-state index contributed by atoms with van der Waals surface area (Å²) in [5.41, 5.74) is 0.723. The highest BCUT2D eigenvalue weighted by atomic mass is 16.4. The largest absolute Gasteiger partial charge is 0.543 e. The number of carbonyl (C=O) groups is 2. The number of aromatic carboxylic acids is 1. The Morgan fingerprint density at radius 1 is 0.963 bits per heavy atom. The second kappa shape index (κ2) is 9.20. The summed E-state index contributed by atoms with van der Waals surface area (Å²) in [7, 11) is 0. The van der Waals surface area contributed by atoms with E-state index in [1.54, 1.807) is 4.90 Å². The van der Waals surface area contributed by atoms with Crippen molar-refractivity contribution in [3.05, 3.63) is 59.7 Å². The summed E-state index contributed by atoms with van der Waals surface area (Å²) in [6, 6.07) is 10.5. The normalized spacial score (nSPS) is 19.4. The standard InChI is InChI=1S/C19H23N5O3/c25-18(16-17(19(26)27)21-7-6-20-16)22-8-9-23-10-12-24(13-11-23)14-15-4-2-1-3-5-15/h1-7H,8-14H2,(H,22,25)(H,26,27)/p+1. The third-order valence-corrected chi connectivity index (χ3v) is 4.83. The van der Waals surface area contributed by atoms with Gasteiger partial charge in [-0.05, 0) is 0 Å². The lowest BCUT2D eigenvalue weighted by Crippen LogP contribution is -3.27. The number of nitrogens with one attached hydrogen (secondary N) is 3. The van der Waals surface area contributed by atoms with E-state index in [0.29, 0.717) is 6.54 Å². The number of hydrogen-bond acceptors (Lipinski definition) is 5. The van der Waals surface area contributed by atoms with Gasteiger partial charge in [-0.3, -0.25) is 9.78 Å². The molecule has 1 aromatic carbocycles. The van der Waals surface area contributed by atoms with Gasteiger partial charge >= 0.3 is 0 Å². The fourth-order valence-corrected chi connectivity index (χ4v) is 3.36. The Kier molecular flexibility index (Phi) is 6.45. The number of amides is 1. The topological polar surface area (TPSA) is 104 Å². The Balaban J connectivity index is 1.40. The van der Waals surface area contributed by atoms with E-state index in [4.69, 9.17) is 0 Å². The van der Waals surface area contributed by atoms with Crippen LogP contribution in [0.4, 0.5) is 0 Å². The van der Waals surface area contributed by atoms with Crippen molar-refractivity contribution in [2.45, 2.75) is 6.54 Å². The average Bonchev–Trinajstić information content (AvgIpc) is 2.70. The van der Waals surface area contributed by atoms with E-state index in [9.17, 15) is 14.7 Å². The summed E-state index contributed by atoms with van der Waals surface area (Å²) in [5.74, 6) is -2.04. The summed E-state index contributed by atoms with van der Waals surface area (Å²) < 4.78 is 0. The van der Waals surface area contributed by atoms with Crippen LogP contribution in [0.25, 0.3) is 0 Å². The van der Waals surface area contributed by atoms with Crippen LogP contribution in [0.15, 0.2) is 42.7 Å². The van der Waals surface area contributed by atoms with Crippen LogP contribution in [0.1, 0.15) is 26.5 Å². The first-order chi connectivity index (χ1) is 13.1. The molecule has 2 aromatic rings. The third kappa shape index (κ3) is 5.32. The summed E-state index contributed by atoms with van der Waals surface area (Å²) in [6.07, 6.45) is 2.52. The average molecular weight is 370 g/mol. The molecule has 0 aliphatic carbocycles. The highest BCUT2D eigenvalue weighted by Gasteiger charge is 2.23. The molecule has 0 radical (unpaired) electrons. The van der Waals surface area contributed by atoms with Crippen molar-refractivity contribution in [2.24, 2.45) is 0 Å². The Bertz CT molecular complexity index is 776. The Morgan fingerprint density at radius 2 is 1.59 bits per heavy atom. The second-order valence-electron chi connectivity index (χ2n) is 6.71. The number of carbonyl (C=O) groups excluding carboxylic acids is 2. The van der Waals surface area contributed by atoms with Crippen molar-refractivity contribution >= 4 is 11.9 Å². The maximum absolute atomic E-state index is 12.1. The van der Waals surface area contributed by atoms with Crippen LogP contribution in [-0.2, 0) is 6.54 Å². The lowest BCUT2D eigenvalue weighted by molar-refractivity contribution is -1.02. The molecule has 0 atom stereocenters. The van der Waals surface area contributed by atoms with E-state index < -0.39 is 17.6 Å². The van der Waals surface area contributed by atoms with Gasteiger partial charge in [0.25, 0.3) is 5.91 Å². The van der Waals surface area contributed by atoms with E-state index in [0.717, 1.165) is 39.3 Å². The Labute approximate surface area is 157 Å². The number of carboxylic acids is 1. The molecule has 0 bridgehead atoms. The van der Waals surface area contributed by atoms with Gasteiger partial charge in [0.2, 0.25) is 0 Å². The summed E-state index contributed by atoms with van der Waals surface area (Å²) in [5, 5.41) is 13.7. The minimum Gasteiger partial charge on any atom is -0.543 e. The SMILES string of the molecule is O=C([O-])c1nccnc1C(=O)NCC[NH+]1CC[NH+](Cc2ccccc2)CC1. The van der Waals surface area contributed by atoms with Gasteiger partial charge in [0.05, 0.1) is 19.1 Å². The smallest absolute Gasteiger partial charge is 0.272 e. The van der Waals surface area contributed by atoms with Crippen LogP contribution in [0.2, 0.25) is 0 Å². The monoisotopic (exact) mass is 370 g/mol. The minimum absolute atomic E-state index is 0.204. The van der Waals surface area contributed by atoms with Gasteiger partial charge in [0, 0.05) is 18.0 Å². The molecular weight excluding hydrogens is 346 g/mol. The van der Waals surface area contributed by atoms with Gasteiger partial charge in [-0.15, -0.1) is 0 Å². The van der Waals surface area contributed by atoms with Crippen LogP contribution >= 0.6 is 0 Å². The van der Waals surface area contributed by atoms with Crippen molar-refractivity contribution in [2.75, 3.05) is 39.3 Å². The lowest BCUT2D eigenvalue weighted by Gasteiger charge is -2.29. The number of nitrogens with zero attached hydrogens (tertiary/aromatic N) is 2. The molecule has 142 valence electrons. The van der Waals surface area contributed by atoms with Crippen molar-refractivity contribution < 1.29 is 24.5 Å². The summed E-state index contributed by atoms with van der Waals surface area (Å²) in [6.45, 7) is 6.59. The fourth-order valence-electron chi connectivity index (χ4n) is 3.36. The van der Waals surface area contributed by atoms with Gasteiger partial charge < -0.3 is 25.0 Å². The van der Waals surface area contributed by atoms with Gasteiger partial charge in [-0.25, -0.2) is 4.98 Å². The van der Waals surface area contributed by atoms with Crippen molar-refractivity contribution in [1.29, 1.82) is 0 Å². The summed E-state index contributed by atoms with van der Waals surface area (Å²) in [4.78, 5) is 33.6. The van der Waals surface area contributed by atoms with E-state index in [-0.39, 0.29) is 5.69 Å². The van der Waals surface area contributed by atoms with Crippen molar-refractivity contribution in [3.63, 3.8) is 0 Å². The van der Waals surface area contributed by atoms with Crippen molar-refractivity contribution in [3.8, 4) is 0 Å². The zero-order valence-electron chi connectivity index (χ0n) is 15.1. The van der Waals surface area contributed by atoms with E-state index in [2.05, 4.69) is 39.6 Å². The van der Waals surface area contributed by atoms with Crippen molar-refractivity contribution in [1.82, 2.24) is 15.3 Å². The molecule has 3 rings (SSSR count). The minimum atomic E-state index is -1.50. The first kappa shape index (κ1) is 18.9. The van der Waals surface area contributed by atoms with Crippen LogP contribution in [0.5, 0.6) is 0 Å². The first-order valence-electron chi connectivity index (χ1n) is 9.15. The quantitative estimate of drug-likeness (QED) is 0.470. The fraction of sp³-hybridized carbons (Fsp3) is 0.368. The third-order valence-electron chi connectivity index (χ3n) is 4.83. The highest BCUT2D eigenvalue weighted by molar-refractivity contribution is 6.01. The molecule has 1 aliphatic heterocycles. The molecule has 27 heavy (non-hydrogen) atoms.